The molecule has 1 aliphatic rings. The molecule has 1 aliphatic heterocycles. The molecule has 5 nitrogen and oxygen atoms in total. The summed E-state index contributed by atoms with van der Waals surface area (Å²) in [6.45, 7) is 0. The molecule has 0 saturated carbocycles. The summed E-state index contributed by atoms with van der Waals surface area (Å²) in [4.78, 5) is 3.84. The predicted octanol–water partition coefficient (Wildman–Crippen LogP) is 0.448. The summed E-state index contributed by atoms with van der Waals surface area (Å²) in [5, 5.41) is 0. The molecule has 0 aliphatic carbocycles. The Morgan fingerprint density at radius 3 is 3.00 bits per heavy atom. The summed E-state index contributed by atoms with van der Waals surface area (Å²) in [7, 11) is -3.53. The monoisotopic (exact) mass is 259 g/mol. The van der Waals surface area contributed by atoms with Gasteiger partial charge in [-0.1, -0.05) is 0 Å². The minimum atomic E-state index is -3.53. The van der Waals surface area contributed by atoms with E-state index in [1.807, 2.05) is 0 Å². The van der Waals surface area contributed by atoms with Gasteiger partial charge >= 0.3 is 0 Å². The normalized spacial score (nSPS) is 21.1. The molecule has 1 fully saturated rings. The second kappa shape index (κ2) is 4.60. The fourth-order valence-electron chi connectivity index (χ4n) is 1.53. The van der Waals surface area contributed by atoms with E-state index < -0.39 is 10.0 Å². The molecule has 3 N–H and O–H groups in total. The van der Waals surface area contributed by atoms with E-state index in [2.05, 4.69) is 9.71 Å². The fraction of sp³-hybridized carbons (Fsp3) is 0.444. The van der Waals surface area contributed by atoms with E-state index in [0.717, 1.165) is 17.9 Å². The van der Waals surface area contributed by atoms with Gasteiger partial charge in [0.2, 0.25) is 10.0 Å². The van der Waals surface area contributed by atoms with Crippen molar-refractivity contribution in [3.63, 3.8) is 0 Å². The maximum absolute atomic E-state index is 12.0. The van der Waals surface area contributed by atoms with E-state index in [-0.39, 0.29) is 16.6 Å². The highest BCUT2D eigenvalue weighted by atomic mass is 32.2. The zero-order chi connectivity index (χ0) is 11.6. The molecule has 0 aromatic carbocycles. The summed E-state index contributed by atoms with van der Waals surface area (Å²) in [5.74, 6) is 1.81. The van der Waals surface area contributed by atoms with Crippen molar-refractivity contribution in [2.75, 3.05) is 17.2 Å². The van der Waals surface area contributed by atoms with Crippen LogP contribution in [0.4, 0.5) is 5.69 Å². The minimum Gasteiger partial charge on any atom is -0.398 e. The number of nitrogens with zero attached hydrogens (tertiary/aromatic N) is 1. The van der Waals surface area contributed by atoms with Crippen LogP contribution in [0.3, 0.4) is 0 Å². The molecule has 88 valence electrons. The van der Waals surface area contributed by atoms with E-state index >= 15 is 0 Å². The van der Waals surface area contributed by atoms with E-state index in [0.29, 0.717) is 0 Å². The molecular formula is C9H13N3O2S2. The maximum Gasteiger partial charge on any atom is 0.244 e. The third-order valence-corrected chi connectivity index (χ3v) is 5.08. The van der Waals surface area contributed by atoms with Gasteiger partial charge in [0.05, 0.1) is 5.69 Å². The van der Waals surface area contributed by atoms with Gasteiger partial charge in [-0.15, -0.1) is 0 Å². The Kier molecular flexibility index (Phi) is 3.36. The van der Waals surface area contributed by atoms with E-state index in [1.165, 1.54) is 18.5 Å². The van der Waals surface area contributed by atoms with Gasteiger partial charge in [0.15, 0.2) is 0 Å². The summed E-state index contributed by atoms with van der Waals surface area (Å²) >= 11 is 1.75. The highest BCUT2D eigenvalue weighted by Crippen LogP contribution is 2.21. The summed E-state index contributed by atoms with van der Waals surface area (Å²) in [5.41, 5.74) is 5.85. The number of aromatic nitrogens is 1. The molecule has 0 spiro atoms. The van der Waals surface area contributed by atoms with Crippen molar-refractivity contribution in [2.24, 2.45) is 0 Å². The minimum absolute atomic E-state index is 0.00889. The topological polar surface area (TPSA) is 85.1 Å². The highest BCUT2D eigenvalue weighted by Gasteiger charge is 2.24. The number of nitrogen functional groups attached to an aromatic ring is 1. The van der Waals surface area contributed by atoms with Gasteiger partial charge in [-0.25, -0.2) is 13.1 Å². The number of sulfonamides is 1. The Bertz CT molecular complexity index is 469. The lowest BCUT2D eigenvalue weighted by Crippen LogP contribution is -2.35. The van der Waals surface area contributed by atoms with Gasteiger partial charge < -0.3 is 5.73 Å². The zero-order valence-corrected chi connectivity index (χ0v) is 10.2. The molecule has 16 heavy (non-hydrogen) atoms. The summed E-state index contributed by atoms with van der Waals surface area (Å²) in [6, 6.07) is 1.49. The average molecular weight is 259 g/mol. The fourth-order valence-corrected chi connectivity index (χ4v) is 4.13. The standard InChI is InChI=1S/C9H13N3O2S2/c10-8-1-3-11-5-9(8)16(13,14)12-7-2-4-15-6-7/h1,3,5,7,12H,2,4,6H2,(H2,10,11). The Balaban J connectivity index is 2.21. The van der Waals surface area contributed by atoms with Crippen molar-refractivity contribution in [3.05, 3.63) is 18.5 Å². The molecule has 0 radical (unpaired) electrons. The summed E-state index contributed by atoms with van der Waals surface area (Å²) < 4.78 is 26.6. The first kappa shape index (κ1) is 11.7. The highest BCUT2D eigenvalue weighted by molar-refractivity contribution is 7.99. The number of hydrogen-bond donors (Lipinski definition) is 2. The van der Waals surface area contributed by atoms with Crippen LogP contribution < -0.4 is 10.5 Å². The molecule has 0 amide bonds. The van der Waals surface area contributed by atoms with E-state index in [4.69, 9.17) is 5.73 Å². The number of thioether (sulfide) groups is 1. The van der Waals surface area contributed by atoms with E-state index in [1.54, 1.807) is 11.8 Å². The van der Waals surface area contributed by atoms with Crippen LogP contribution in [-0.2, 0) is 10.0 Å². The molecule has 1 unspecified atom stereocenters. The smallest absolute Gasteiger partial charge is 0.244 e. The van der Waals surface area contributed by atoms with Gasteiger partial charge in [-0.2, -0.15) is 11.8 Å². The van der Waals surface area contributed by atoms with Crippen LogP contribution >= 0.6 is 11.8 Å². The number of hydrogen-bond acceptors (Lipinski definition) is 5. The second-order valence-corrected chi connectivity index (χ2v) is 6.43. The molecule has 0 bridgehead atoms. The van der Waals surface area contributed by atoms with Crippen molar-refractivity contribution in [3.8, 4) is 0 Å². The van der Waals surface area contributed by atoms with Crippen LogP contribution in [0.2, 0.25) is 0 Å². The molecular weight excluding hydrogens is 246 g/mol. The predicted molar refractivity (Wildman–Crippen MR) is 64.7 cm³/mol. The van der Waals surface area contributed by atoms with Crippen molar-refractivity contribution in [2.45, 2.75) is 17.4 Å². The largest absolute Gasteiger partial charge is 0.398 e. The maximum atomic E-state index is 12.0. The quantitative estimate of drug-likeness (QED) is 0.823. The Labute approximate surface area is 98.9 Å². The van der Waals surface area contributed by atoms with Crippen LogP contribution in [0.1, 0.15) is 6.42 Å². The Morgan fingerprint density at radius 2 is 2.38 bits per heavy atom. The van der Waals surface area contributed by atoms with Crippen LogP contribution in [0.5, 0.6) is 0 Å². The van der Waals surface area contributed by atoms with Crippen LogP contribution in [-0.4, -0.2) is 30.9 Å². The van der Waals surface area contributed by atoms with Gasteiger partial charge in [-0.3, -0.25) is 4.98 Å². The molecule has 1 saturated heterocycles. The third-order valence-electron chi connectivity index (χ3n) is 2.36. The SMILES string of the molecule is Nc1ccncc1S(=O)(=O)NC1CCSC1. The number of pyridine rings is 1. The Hall–Kier alpha value is -0.790. The lowest BCUT2D eigenvalue weighted by molar-refractivity contribution is 0.563. The number of anilines is 1. The lowest BCUT2D eigenvalue weighted by atomic mass is 10.3. The molecule has 1 aromatic heterocycles. The molecule has 2 heterocycles. The number of nitrogens with two attached hydrogens (primary N) is 1. The molecule has 2 rings (SSSR count). The van der Waals surface area contributed by atoms with Crippen molar-refractivity contribution < 1.29 is 8.42 Å². The first-order chi connectivity index (χ1) is 7.59. The average Bonchev–Trinajstić information content (AvgIpc) is 2.70. The number of rotatable bonds is 3. The first-order valence-corrected chi connectivity index (χ1v) is 7.53. The van der Waals surface area contributed by atoms with Gasteiger partial charge in [0.25, 0.3) is 0 Å². The first-order valence-electron chi connectivity index (χ1n) is 4.89. The zero-order valence-electron chi connectivity index (χ0n) is 8.59. The summed E-state index contributed by atoms with van der Waals surface area (Å²) in [6.07, 6.45) is 3.61. The Morgan fingerprint density at radius 1 is 1.56 bits per heavy atom. The molecule has 1 aromatic rings. The third kappa shape index (κ3) is 2.47. The number of nitrogens with one attached hydrogen (secondary N) is 1. The molecule has 1 atom stereocenters. The van der Waals surface area contributed by atoms with Crippen molar-refractivity contribution in [1.82, 2.24) is 9.71 Å². The van der Waals surface area contributed by atoms with Crippen LogP contribution in [0, 0.1) is 0 Å². The second-order valence-electron chi connectivity index (χ2n) is 3.60. The lowest BCUT2D eigenvalue weighted by Gasteiger charge is -2.12. The van der Waals surface area contributed by atoms with Crippen molar-refractivity contribution >= 4 is 27.5 Å². The van der Waals surface area contributed by atoms with Crippen LogP contribution in [0.15, 0.2) is 23.4 Å². The van der Waals surface area contributed by atoms with Gasteiger partial charge in [0, 0.05) is 24.2 Å². The van der Waals surface area contributed by atoms with Crippen LogP contribution in [0.25, 0.3) is 0 Å². The van der Waals surface area contributed by atoms with E-state index in [9.17, 15) is 8.42 Å². The molecule has 7 heteroatoms. The van der Waals surface area contributed by atoms with Gasteiger partial charge in [0.1, 0.15) is 4.90 Å². The van der Waals surface area contributed by atoms with Crippen molar-refractivity contribution in [1.29, 1.82) is 0 Å². The van der Waals surface area contributed by atoms with Gasteiger partial charge in [-0.05, 0) is 18.2 Å².